The first-order valence-corrected chi connectivity index (χ1v) is 17.7. The second-order valence-corrected chi connectivity index (χ2v) is 22.3. The van der Waals surface area contributed by atoms with Crippen molar-refractivity contribution in [3.8, 4) is 12.3 Å². The van der Waals surface area contributed by atoms with E-state index in [0.29, 0.717) is 19.6 Å². The molecule has 0 heterocycles. The Morgan fingerprint density at radius 3 is 1.75 bits per heavy atom. The standard InChI is InChI=1S/C25H51NO4Si2/c1-16-21(30-32(14,15)25(9,10)11)20(18-19-28-31(12,13)24(6,7)8)26(17-2)22(27)29-23(3,4)5/h1,20-21H,17-19H2,2-15H3/t20-,21+/m1/s1. The molecule has 0 aliphatic carbocycles. The van der Waals surface area contributed by atoms with Crippen molar-refractivity contribution < 1.29 is 18.4 Å². The Kier molecular flexibility index (Phi) is 10.8. The minimum atomic E-state index is -2.15. The third kappa shape index (κ3) is 9.20. The van der Waals surface area contributed by atoms with Crippen molar-refractivity contribution in [2.75, 3.05) is 13.2 Å². The SMILES string of the molecule is C#C[C@H](O[Si](C)(C)C(C)(C)C)[C@@H](CCO[Si](C)(C)C(C)(C)C)N(CC)C(=O)OC(C)(C)C. The molecule has 0 N–H and O–H groups in total. The predicted molar refractivity (Wildman–Crippen MR) is 141 cm³/mol. The highest BCUT2D eigenvalue weighted by Crippen LogP contribution is 2.39. The van der Waals surface area contributed by atoms with Gasteiger partial charge in [-0.2, -0.15) is 0 Å². The van der Waals surface area contributed by atoms with Crippen LogP contribution in [-0.2, 0) is 13.6 Å². The molecule has 0 aromatic heterocycles. The Morgan fingerprint density at radius 1 is 0.938 bits per heavy atom. The van der Waals surface area contributed by atoms with Gasteiger partial charge in [-0.05, 0) is 70.4 Å². The molecule has 0 rings (SSSR count). The fraction of sp³-hybridized carbons (Fsp3) is 0.880. The van der Waals surface area contributed by atoms with Gasteiger partial charge < -0.3 is 18.5 Å². The van der Waals surface area contributed by atoms with Gasteiger partial charge in [0.2, 0.25) is 0 Å². The first kappa shape index (κ1) is 31.2. The topological polar surface area (TPSA) is 48.0 Å². The van der Waals surface area contributed by atoms with Crippen LogP contribution in [0.15, 0.2) is 0 Å². The number of ether oxygens (including phenoxy) is 1. The monoisotopic (exact) mass is 485 g/mol. The molecular formula is C25H51NO4Si2. The maximum atomic E-state index is 13.1. The zero-order valence-electron chi connectivity index (χ0n) is 23.4. The second-order valence-electron chi connectivity index (χ2n) is 12.7. The van der Waals surface area contributed by atoms with Crippen LogP contribution in [-0.4, -0.2) is 58.5 Å². The summed E-state index contributed by atoms with van der Waals surface area (Å²) in [5.74, 6) is 2.86. The zero-order chi connectivity index (χ0) is 25.8. The van der Waals surface area contributed by atoms with Gasteiger partial charge in [0.15, 0.2) is 16.6 Å². The molecule has 0 aliphatic heterocycles. The summed E-state index contributed by atoms with van der Waals surface area (Å²) in [6.45, 7) is 30.7. The highest BCUT2D eigenvalue weighted by molar-refractivity contribution is 6.74. The number of amides is 1. The summed E-state index contributed by atoms with van der Waals surface area (Å²) in [5, 5.41) is 0.120. The van der Waals surface area contributed by atoms with Crippen LogP contribution in [0.25, 0.3) is 0 Å². The fourth-order valence-electron chi connectivity index (χ4n) is 2.66. The van der Waals surface area contributed by atoms with Gasteiger partial charge >= 0.3 is 6.09 Å². The van der Waals surface area contributed by atoms with E-state index < -0.39 is 28.3 Å². The predicted octanol–water partition coefficient (Wildman–Crippen LogP) is 7.05. The largest absolute Gasteiger partial charge is 0.444 e. The van der Waals surface area contributed by atoms with Gasteiger partial charge in [0.1, 0.15) is 11.7 Å². The van der Waals surface area contributed by atoms with Crippen LogP contribution in [0.1, 0.15) is 75.7 Å². The summed E-state index contributed by atoms with van der Waals surface area (Å²) in [7, 11) is -4.07. The molecule has 32 heavy (non-hydrogen) atoms. The highest BCUT2D eigenvalue weighted by atomic mass is 28.4. The number of hydrogen-bond donors (Lipinski definition) is 0. The maximum absolute atomic E-state index is 13.1. The van der Waals surface area contributed by atoms with Crippen molar-refractivity contribution in [3.05, 3.63) is 0 Å². The van der Waals surface area contributed by atoms with Crippen molar-refractivity contribution in [2.45, 2.75) is 130 Å². The second kappa shape index (κ2) is 11.1. The molecule has 0 radical (unpaired) electrons. The summed E-state index contributed by atoms with van der Waals surface area (Å²) >= 11 is 0. The van der Waals surface area contributed by atoms with E-state index in [4.69, 9.17) is 20.0 Å². The van der Waals surface area contributed by atoms with Crippen molar-refractivity contribution in [3.63, 3.8) is 0 Å². The van der Waals surface area contributed by atoms with Gasteiger partial charge in [-0.1, -0.05) is 47.5 Å². The van der Waals surface area contributed by atoms with Crippen molar-refractivity contribution in [1.29, 1.82) is 0 Å². The molecule has 0 aliphatic rings. The molecule has 5 nitrogen and oxygen atoms in total. The summed E-state index contributed by atoms with van der Waals surface area (Å²) < 4.78 is 18.8. The molecule has 0 unspecified atom stereocenters. The molecule has 0 saturated carbocycles. The van der Waals surface area contributed by atoms with Crippen molar-refractivity contribution in [1.82, 2.24) is 4.90 Å². The van der Waals surface area contributed by atoms with E-state index >= 15 is 0 Å². The first-order chi connectivity index (χ1) is 14.1. The van der Waals surface area contributed by atoms with Crippen LogP contribution < -0.4 is 0 Å². The lowest BCUT2D eigenvalue weighted by Gasteiger charge is -2.43. The van der Waals surface area contributed by atoms with E-state index in [1.807, 2.05) is 27.7 Å². The van der Waals surface area contributed by atoms with Gasteiger partial charge in [-0.3, -0.25) is 0 Å². The van der Waals surface area contributed by atoms with Gasteiger partial charge in [-0.15, -0.1) is 6.42 Å². The summed E-state index contributed by atoms with van der Waals surface area (Å²) in [5.41, 5.74) is -0.585. The fourth-order valence-corrected chi connectivity index (χ4v) is 4.93. The maximum Gasteiger partial charge on any atom is 0.410 e. The molecule has 0 fully saturated rings. The number of likely N-dealkylation sites (N-methyl/N-ethyl adjacent to an activating group) is 1. The minimum absolute atomic E-state index is 0.00720. The number of hydrogen-bond acceptors (Lipinski definition) is 4. The Bertz CT molecular complexity index is 649. The molecule has 1 amide bonds. The Labute approximate surface area is 201 Å². The van der Waals surface area contributed by atoms with Crippen molar-refractivity contribution >= 4 is 22.7 Å². The van der Waals surface area contributed by atoms with Crippen LogP contribution in [0.4, 0.5) is 4.79 Å². The van der Waals surface area contributed by atoms with Crippen LogP contribution >= 0.6 is 0 Å². The summed E-state index contributed by atoms with van der Waals surface area (Å²) in [6.07, 6.45) is 5.72. The number of nitrogens with zero attached hydrogens (tertiary/aromatic N) is 1. The Morgan fingerprint density at radius 2 is 1.41 bits per heavy atom. The van der Waals surface area contributed by atoms with Gasteiger partial charge in [-0.25, -0.2) is 4.79 Å². The van der Waals surface area contributed by atoms with E-state index in [1.165, 1.54) is 0 Å². The number of rotatable bonds is 9. The molecule has 0 aromatic rings. The van der Waals surface area contributed by atoms with E-state index in [9.17, 15) is 4.79 Å². The molecule has 2 atom stereocenters. The molecule has 0 bridgehead atoms. The zero-order valence-corrected chi connectivity index (χ0v) is 25.4. The normalized spacial score (nSPS) is 15.7. The van der Waals surface area contributed by atoms with Crippen LogP contribution in [0, 0.1) is 12.3 Å². The first-order valence-electron chi connectivity index (χ1n) is 11.9. The van der Waals surface area contributed by atoms with Crippen molar-refractivity contribution in [2.24, 2.45) is 0 Å². The quantitative estimate of drug-likeness (QED) is 0.259. The van der Waals surface area contributed by atoms with Gasteiger partial charge in [0.25, 0.3) is 0 Å². The number of carbonyl (C=O) groups excluding carboxylic acids is 1. The van der Waals surface area contributed by atoms with Crippen LogP contribution in [0.5, 0.6) is 0 Å². The van der Waals surface area contributed by atoms with Gasteiger partial charge in [0.05, 0.1) is 6.04 Å². The molecule has 7 heteroatoms. The number of terminal acetylenes is 1. The lowest BCUT2D eigenvalue weighted by atomic mass is 10.1. The average molecular weight is 486 g/mol. The summed E-state index contributed by atoms with van der Waals surface area (Å²) in [6, 6.07) is -0.321. The number of carbonyl (C=O) groups is 1. The Hall–Kier alpha value is -0.816. The van der Waals surface area contributed by atoms with E-state index in [1.54, 1.807) is 4.90 Å². The van der Waals surface area contributed by atoms with E-state index in [0.717, 1.165) is 0 Å². The summed E-state index contributed by atoms with van der Waals surface area (Å²) in [4.78, 5) is 14.8. The third-order valence-electron chi connectivity index (χ3n) is 6.79. The Balaban J connectivity index is 5.94. The lowest BCUT2D eigenvalue weighted by Crippen LogP contribution is -2.54. The smallest absolute Gasteiger partial charge is 0.410 e. The van der Waals surface area contributed by atoms with E-state index in [2.05, 4.69) is 73.7 Å². The molecule has 0 aromatic carbocycles. The minimum Gasteiger partial charge on any atom is -0.444 e. The molecule has 0 saturated heterocycles. The molecule has 188 valence electrons. The van der Waals surface area contributed by atoms with E-state index in [-0.39, 0.29) is 22.2 Å². The highest BCUT2D eigenvalue weighted by Gasteiger charge is 2.43. The van der Waals surface area contributed by atoms with Crippen LogP contribution in [0.3, 0.4) is 0 Å². The molecular weight excluding hydrogens is 434 g/mol. The van der Waals surface area contributed by atoms with Gasteiger partial charge in [0, 0.05) is 13.2 Å². The molecule has 0 spiro atoms. The van der Waals surface area contributed by atoms with Crippen LogP contribution in [0.2, 0.25) is 36.3 Å². The lowest BCUT2D eigenvalue weighted by molar-refractivity contribution is 0.00197. The third-order valence-corrected chi connectivity index (χ3v) is 15.8. The average Bonchev–Trinajstić information content (AvgIpc) is 2.55.